The van der Waals surface area contributed by atoms with Crippen LogP contribution in [0.15, 0.2) is 0 Å². The molecule has 2 atom stereocenters. The Bertz CT molecular complexity index is 180. The highest BCUT2D eigenvalue weighted by Crippen LogP contribution is 2.34. The molecule has 0 spiro atoms. The molecule has 0 radical (unpaired) electrons. The second-order valence-corrected chi connectivity index (χ2v) is 6.58. The Morgan fingerprint density at radius 2 is 1.00 bits per heavy atom. The number of rotatable bonds is 2. The van der Waals surface area contributed by atoms with Crippen LogP contribution in [0.4, 0.5) is 0 Å². The Morgan fingerprint density at radius 1 is 0.786 bits per heavy atom. The van der Waals surface area contributed by atoms with Gasteiger partial charge in [-0.15, -0.1) is 0 Å². The molecule has 0 aliphatic rings. The fourth-order valence-corrected chi connectivity index (χ4v) is 1.23. The van der Waals surface area contributed by atoms with Gasteiger partial charge in [-0.25, -0.2) is 0 Å². The molecule has 0 heterocycles. The van der Waals surface area contributed by atoms with Gasteiger partial charge in [0.05, 0.1) is 0 Å². The molecule has 0 saturated carbocycles. The fourth-order valence-electron chi connectivity index (χ4n) is 1.23. The number of carbonyl (C=O) groups is 1. The highest BCUT2D eigenvalue weighted by atomic mass is 16.1. The lowest BCUT2D eigenvalue weighted by atomic mass is 9.70. The average molecular weight is 198 g/mol. The minimum absolute atomic E-state index is 0.0800. The van der Waals surface area contributed by atoms with Crippen molar-refractivity contribution in [2.75, 3.05) is 0 Å². The van der Waals surface area contributed by atoms with E-state index in [9.17, 15) is 4.79 Å². The van der Waals surface area contributed by atoms with Crippen LogP contribution in [-0.2, 0) is 4.79 Å². The van der Waals surface area contributed by atoms with Gasteiger partial charge >= 0.3 is 0 Å². The van der Waals surface area contributed by atoms with Crippen molar-refractivity contribution in [3.8, 4) is 0 Å². The van der Waals surface area contributed by atoms with Crippen molar-refractivity contribution in [3.05, 3.63) is 0 Å². The second kappa shape index (κ2) is 4.04. The second-order valence-electron chi connectivity index (χ2n) is 6.58. The number of carbonyl (C=O) groups excluding carboxylic acids is 1. The van der Waals surface area contributed by atoms with E-state index in [-0.39, 0.29) is 22.7 Å². The average Bonchev–Trinajstić information content (AvgIpc) is 1.97. The summed E-state index contributed by atoms with van der Waals surface area (Å²) < 4.78 is 0. The Labute approximate surface area is 89.3 Å². The molecule has 2 unspecified atom stereocenters. The minimum atomic E-state index is 0.0800. The Hall–Kier alpha value is -0.330. The zero-order valence-electron chi connectivity index (χ0n) is 11.1. The number of Topliss-reactive ketones (excluding diaryl/α,β-unsaturated/α-hetero) is 1. The van der Waals surface area contributed by atoms with Crippen molar-refractivity contribution in [3.63, 3.8) is 0 Å². The molecular formula is C13H26O. The molecule has 0 aromatic carbocycles. The van der Waals surface area contributed by atoms with Crippen LogP contribution in [0.5, 0.6) is 0 Å². The third-order valence-electron chi connectivity index (χ3n) is 3.45. The highest BCUT2D eigenvalue weighted by molar-refractivity contribution is 5.84. The van der Waals surface area contributed by atoms with Gasteiger partial charge in [0.2, 0.25) is 0 Å². The molecule has 1 nitrogen and oxygen atoms in total. The summed E-state index contributed by atoms with van der Waals surface area (Å²) in [7, 11) is 0. The van der Waals surface area contributed by atoms with E-state index in [0.29, 0.717) is 5.78 Å². The van der Waals surface area contributed by atoms with Gasteiger partial charge < -0.3 is 0 Å². The van der Waals surface area contributed by atoms with E-state index in [0.717, 1.165) is 0 Å². The lowest BCUT2D eigenvalue weighted by molar-refractivity contribution is -0.131. The van der Waals surface area contributed by atoms with Crippen molar-refractivity contribution in [1.29, 1.82) is 0 Å². The summed E-state index contributed by atoms with van der Waals surface area (Å²) in [6.07, 6.45) is 0. The number of hydrogen-bond acceptors (Lipinski definition) is 1. The third-order valence-corrected chi connectivity index (χ3v) is 3.45. The molecule has 0 aromatic heterocycles. The summed E-state index contributed by atoms with van der Waals surface area (Å²) in [6, 6.07) is 0. The lowest BCUT2D eigenvalue weighted by Crippen LogP contribution is -2.35. The maximum Gasteiger partial charge on any atom is 0.139 e. The Balaban J connectivity index is 4.65. The molecule has 0 bridgehead atoms. The van der Waals surface area contributed by atoms with Gasteiger partial charge in [0, 0.05) is 11.8 Å². The van der Waals surface area contributed by atoms with Gasteiger partial charge in [-0.1, -0.05) is 55.4 Å². The molecule has 84 valence electrons. The normalized spacial score (nSPS) is 17.7. The van der Waals surface area contributed by atoms with Gasteiger partial charge in [-0.3, -0.25) is 4.79 Å². The third kappa shape index (κ3) is 3.43. The number of ketones is 1. The van der Waals surface area contributed by atoms with Gasteiger partial charge in [0.1, 0.15) is 5.78 Å². The molecule has 14 heavy (non-hydrogen) atoms. The fraction of sp³-hybridized carbons (Fsp3) is 0.923. The molecule has 0 amide bonds. The smallest absolute Gasteiger partial charge is 0.139 e. The van der Waals surface area contributed by atoms with E-state index in [1.165, 1.54) is 0 Å². The first-order chi connectivity index (χ1) is 5.98. The summed E-state index contributed by atoms with van der Waals surface area (Å²) in [5, 5.41) is 0. The maximum absolute atomic E-state index is 12.1. The quantitative estimate of drug-likeness (QED) is 0.657. The molecule has 0 saturated heterocycles. The topological polar surface area (TPSA) is 17.1 Å². The van der Waals surface area contributed by atoms with Crippen LogP contribution in [0, 0.1) is 22.7 Å². The zero-order chi connectivity index (χ0) is 11.7. The number of hydrogen-bond donors (Lipinski definition) is 0. The van der Waals surface area contributed by atoms with Crippen LogP contribution in [0.25, 0.3) is 0 Å². The molecule has 0 rings (SSSR count). The largest absolute Gasteiger partial charge is 0.299 e. The predicted molar refractivity (Wildman–Crippen MR) is 62.2 cm³/mol. The highest BCUT2D eigenvalue weighted by Gasteiger charge is 2.34. The van der Waals surface area contributed by atoms with E-state index < -0.39 is 0 Å². The summed E-state index contributed by atoms with van der Waals surface area (Å²) in [6.45, 7) is 16.9. The van der Waals surface area contributed by atoms with Crippen molar-refractivity contribution in [2.45, 2.75) is 55.4 Å². The van der Waals surface area contributed by atoms with Crippen LogP contribution >= 0.6 is 0 Å². The maximum atomic E-state index is 12.1. The monoisotopic (exact) mass is 198 g/mol. The van der Waals surface area contributed by atoms with Crippen LogP contribution in [0.1, 0.15) is 55.4 Å². The predicted octanol–water partition coefficient (Wildman–Crippen LogP) is 3.92. The first-order valence-corrected chi connectivity index (χ1v) is 5.51. The van der Waals surface area contributed by atoms with E-state index in [4.69, 9.17) is 0 Å². The van der Waals surface area contributed by atoms with Gasteiger partial charge in [-0.2, -0.15) is 0 Å². The van der Waals surface area contributed by atoms with Crippen LogP contribution in [0.2, 0.25) is 0 Å². The first-order valence-electron chi connectivity index (χ1n) is 5.51. The molecule has 0 N–H and O–H groups in total. The molecule has 0 aliphatic heterocycles. The molecule has 0 aliphatic carbocycles. The summed E-state index contributed by atoms with van der Waals surface area (Å²) in [5.41, 5.74) is 0.160. The Kier molecular flexibility index (Phi) is 3.94. The SMILES string of the molecule is CC(C(=O)C(C)C(C)(C)C)C(C)(C)C. The van der Waals surface area contributed by atoms with Gasteiger partial charge in [0.15, 0.2) is 0 Å². The van der Waals surface area contributed by atoms with E-state index in [1.54, 1.807) is 0 Å². The van der Waals surface area contributed by atoms with E-state index in [1.807, 2.05) is 13.8 Å². The lowest BCUT2D eigenvalue weighted by Gasteiger charge is -2.33. The summed E-state index contributed by atoms with van der Waals surface area (Å²) in [5.74, 6) is 0.665. The standard InChI is InChI=1S/C13H26O/c1-9(12(3,4)5)11(14)10(2)13(6,7)8/h9-10H,1-8H3. The van der Waals surface area contributed by atoms with Crippen molar-refractivity contribution in [1.82, 2.24) is 0 Å². The first kappa shape index (κ1) is 13.7. The van der Waals surface area contributed by atoms with Crippen LogP contribution in [-0.4, -0.2) is 5.78 Å². The van der Waals surface area contributed by atoms with Gasteiger partial charge in [0.25, 0.3) is 0 Å². The van der Waals surface area contributed by atoms with Crippen LogP contribution in [0.3, 0.4) is 0 Å². The van der Waals surface area contributed by atoms with Crippen molar-refractivity contribution in [2.24, 2.45) is 22.7 Å². The summed E-state index contributed by atoms with van der Waals surface area (Å²) in [4.78, 5) is 12.1. The molecule has 0 fully saturated rings. The minimum Gasteiger partial charge on any atom is -0.299 e. The van der Waals surface area contributed by atoms with E-state index in [2.05, 4.69) is 41.5 Å². The van der Waals surface area contributed by atoms with Crippen molar-refractivity contribution >= 4 is 5.78 Å². The van der Waals surface area contributed by atoms with Crippen molar-refractivity contribution < 1.29 is 4.79 Å². The van der Waals surface area contributed by atoms with E-state index >= 15 is 0 Å². The molecule has 1 heteroatoms. The molecule has 0 aromatic rings. The zero-order valence-corrected chi connectivity index (χ0v) is 11.1. The molecular weight excluding hydrogens is 172 g/mol. The Morgan fingerprint density at radius 3 is 1.14 bits per heavy atom. The van der Waals surface area contributed by atoms with Crippen LogP contribution < -0.4 is 0 Å². The van der Waals surface area contributed by atoms with Gasteiger partial charge in [-0.05, 0) is 10.8 Å². The summed E-state index contributed by atoms with van der Waals surface area (Å²) >= 11 is 0.